The minimum absolute atomic E-state index is 0.134. The van der Waals surface area contributed by atoms with E-state index >= 15 is 0 Å². The maximum atomic E-state index is 13.1. The van der Waals surface area contributed by atoms with Gasteiger partial charge in [0.25, 0.3) is 0 Å². The Labute approximate surface area is 167 Å². The molecule has 0 fully saturated rings. The van der Waals surface area contributed by atoms with Crippen LogP contribution in [-0.4, -0.2) is 28.8 Å². The van der Waals surface area contributed by atoms with Crippen molar-refractivity contribution in [3.05, 3.63) is 83.2 Å². The fraction of sp³-hybridized carbons (Fsp3) is 0.182. The average molecular weight is 397 g/mol. The number of aryl methyl sites for hydroxylation is 1. The number of hydrogen-bond donors (Lipinski definition) is 1. The molecule has 0 saturated heterocycles. The fourth-order valence-corrected chi connectivity index (χ4v) is 2.84. The van der Waals surface area contributed by atoms with E-state index in [4.69, 9.17) is 4.74 Å². The fourth-order valence-electron chi connectivity index (χ4n) is 2.84. The Hall–Kier alpha value is -3.48. The standard InChI is InChI=1S/C22H21F2N3O2/c1-15-19(16(2)27(26-15)17-6-4-3-5-7-17)9-11-22(28)25-12-13-29-18-8-10-20(23)21(24)14-18/h3-11,14H,12-13H2,1-2H3,(H,25,28). The Morgan fingerprint density at radius 1 is 1.14 bits per heavy atom. The zero-order valence-corrected chi connectivity index (χ0v) is 16.2. The molecule has 2 aromatic carbocycles. The number of halogens is 2. The first-order valence-corrected chi connectivity index (χ1v) is 9.11. The summed E-state index contributed by atoms with van der Waals surface area (Å²) in [6.45, 7) is 4.19. The van der Waals surface area contributed by atoms with Crippen molar-refractivity contribution in [1.29, 1.82) is 0 Å². The molecule has 3 rings (SSSR count). The van der Waals surface area contributed by atoms with Crippen molar-refractivity contribution in [1.82, 2.24) is 15.1 Å². The topological polar surface area (TPSA) is 56.2 Å². The maximum Gasteiger partial charge on any atom is 0.244 e. The number of amides is 1. The molecule has 0 spiro atoms. The lowest BCUT2D eigenvalue weighted by atomic mass is 10.2. The van der Waals surface area contributed by atoms with Crippen molar-refractivity contribution in [2.45, 2.75) is 13.8 Å². The van der Waals surface area contributed by atoms with E-state index in [1.807, 2.05) is 48.9 Å². The Balaban J connectivity index is 1.54. The van der Waals surface area contributed by atoms with Gasteiger partial charge in [-0.25, -0.2) is 13.5 Å². The van der Waals surface area contributed by atoms with Gasteiger partial charge < -0.3 is 10.1 Å². The molecule has 0 atom stereocenters. The molecule has 29 heavy (non-hydrogen) atoms. The molecule has 1 heterocycles. The van der Waals surface area contributed by atoms with Gasteiger partial charge in [-0.1, -0.05) is 18.2 Å². The van der Waals surface area contributed by atoms with Crippen LogP contribution in [0.4, 0.5) is 8.78 Å². The van der Waals surface area contributed by atoms with E-state index in [1.165, 1.54) is 12.1 Å². The first kappa shape index (κ1) is 20.3. The lowest BCUT2D eigenvalue weighted by molar-refractivity contribution is -0.116. The molecule has 3 aromatic rings. The predicted molar refractivity (Wildman–Crippen MR) is 107 cm³/mol. The number of benzene rings is 2. The van der Waals surface area contributed by atoms with Gasteiger partial charge in [0.15, 0.2) is 11.6 Å². The Morgan fingerprint density at radius 3 is 2.62 bits per heavy atom. The van der Waals surface area contributed by atoms with E-state index in [9.17, 15) is 13.6 Å². The third-order valence-corrected chi connectivity index (χ3v) is 4.31. The molecule has 1 N–H and O–H groups in total. The molecule has 150 valence electrons. The predicted octanol–water partition coefficient (Wildman–Crippen LogP) is 3.98. The molecule has 0 saturated carbocycles. The first-order chi connectivity index (χ1) is 14.0. The zero-order chi connectivity index (χ0) is 20.8. The third kappa shape index (κ3) is 5.07. The Morgan fingerprint density at radius 2 is 1.90 bits per heavy atom. The van der Waals surface area contributed by atoms with Gasteiger partial charge in [-0.3, -0.25) is 4.79 Å². The van der Waals surface area contributed by atoms with Crippen LogP contribution >= 0.6 is 0 Å². The number of nitrogens with zero attached hydrogens (tertiary/aromatic N) is 2. The summed E-state index contributed by atoms with van der Waals surface area (Å²) in [5, 5.41) is 7.22. The number of para-hydroxylation sites is 1. The van der Waals surface area contributed by atoms with Crippen LogP contribution < -0.4 is 10.1 Å². The van der Waals surface area contributed by atoms with Crippen LogP contribution in [0.15, 0.2) is 54.6 Å². The van der Waals surface area contributed by atoms with E-state index < -0.39 is 11.6 Å². The Bertz CT molecular complexity index is 1030. The van der Waals surface area contributed by atoms with E-state index in [1.54, 1.807) is 6.08 Å². The number of nitrogens with one attached hydrogen (secondary N) is 1. The molecule has 0 aliphatic rings. The number of carbonyl (C=O) groups is 1. The second-order valence-electron chi connectivity index (χ2n) is 6.38. The molecule has 0 aliphatic carbocycles. The van der Waals surface area contributed by atoms with Crippen LogP contribution in [0.2, 0.25) is 0 Å². The molecule has 7 heteroatoms. The molecule has 0 aliphatic heterocycles. The monoisotopic (exact) mass is 397 g/mol. The smallest absolute Gasteiger partial charge is 0.244 e. The SMILES string of the molecule is Cc1nn(-c2ccccc2)c(C)c1C=CC(=O)NCCOc1ccc(F)c(F)c1. The first-order valence-electron chi connectivity index (χ1n) is 9.11. The van der Waals surface area contributed by atoms with E-state index in [0.29, 0.717) is 0 Å². The van der Waals surface area contributed by atoms with Gasteiger partial charge in [-0.05, 0) is 44.2 Å². The quantitative estimate of drug-likeness (QED) is 0.485. The number of hydrogen-bond acceptors (Lipinski definition) is 3. The van der Waals surface area contributed by atoms with Gasteiger partial charge in [-0.15, -0.1) is 0 Å². The highest BCUT2D eigenvalue weighted by atomic mass is 19.2. The highest BCUT2D eigenvalue weighted by Crippen LogP contribution is 2.19. The van der Waals surface area contributed by atoms with Crippen molar-refractivity contribution < 1.29 is 18.3 Å². The number of ether oxygens (including phenoxy) is 1. The number of carbonyl (C=O) groups excluding carboxylic acids is 1. The average Bonchev–Trinajstić information content (AvgIpc) is 3.00. The van der Waals surface area contributed by atoms with Gasteiger partial charge in [0.1, 0.15) is 12.4 Å². The summed E-state index contributed by atoms with van der Waals surface area (Å²) in [4.78, 5) is 12.0. The second-order valence-corrected chi connectivity index (χ2v) is 6.38. The van der Waals surface area contributed by atoms with Crippen LogP contribution in [0.1, 0.15) is 17.0 Å². The van der Waals surface area contributed by atoms with E-state index in [2.05, 4.69) is 10.4 Å². The van der Waals surface area contributed by atoms with Crippen molar-refractivity contribution >= 4 is 12.0 Å². The normalized spacial score (nSPS) is 11.0. The molecular weight excluding hydrogens is 376 g/mol. The minimum Gasteiger partial charge on any atom is -0.492 e. The lowest BCUT2D eigenvalue weighted by Gasteiger charge is -2.07. The number of aromatic nitrogens is 2. The van der Waals surface area contributed by atoms with E-state index in [0.717, 1.165) is 34.8 Å². The minimum atomic E-state index is -0.976. The van der Waals surface area contributed by atoms with Gasteiger partial charge >= 0.3 is 0 Å². The summed E-state index contributed by atoms with van der Waals surface area (Å²) in [6, 6.07) is 13.0. The highest BCUT2D eigenvalue weighted by Gasteiger charge is 2.10. The Kier molecular flexibility index (Phi) is 6.39. The van der Waals surface area contributed by atoms with Crippen LogP contribution in [0.25, 0.3) is 11.8 Å². The molecule has 0 unspecified atom stereocenters. The summed E-state index contributed by atoms with van der Waals surface area (Å²) in [6.07, 6.45) is 3.16. The van der Waals surface area contributed by atoms with Crippen LogP contribution in [0, 0.1) is 25.5 Å². The number of rotatable bonds is 7. The highest BCUT2D eigenvalue weighted by molar-refractivity contribution is 5.92. The molecule has 1 amide bonds. The molecule has 0 radical (unpaired) electrons. The summed E-state index contributed by atoms with van der Waals surface area (Å²) in [5.74, 6) is -1.99. The summed E-state index contributed by atoms with van der Waals surface area (Å²) in [7, 11) is 0. The van der Waals surface area contributed by atoms with Crippen LogP contribution in [0.5, 0.6) is 5.75 Å². The van der Waals surface area contributed by atoms with Gasteiger partial charge in [0.2, 0.25) is 5.91 Å². The summed E-state index contributed by atoms with van der Waals surface area (Å²) in [5.41, 5.74) is 3.57. The summed E-state index contributed by atoms with van der Waals surface area (Å²) >= 11 is 0. The largest absolute Gasteiger partial charge is 0.492 e. The molecule has 0 bridgehead atoms. The molecular formula is C22H21F2N3O2. The van der Waals surface area contributed by atoms with Crippen molar-refractivity contribution in [3.63, 3.8) is 0 Å². The summed E-state index contributed by atoms with van der Waals surface area (Å²) < 4.78 is 33.1. The molecule has 1 aromatic heterocycles. The van der Waals surface area contributed by atoms with E-state index in [-0.39, 0.29) is 24.8 Å². The lowest BCUT2D eigenvalue weighted by Crippen LogP contribution is -2.26. The second kappa shape index (κ2) is 9.14. The van der Waals surface area contributed by atoms with Crippen molar-refractivity contribution in [2.75, 3.05) is 13.2 Å². The van der Waals surface area contributed by atoms with Gasteiger partial charge in [-0.2, -0.15) is 5.10 Å². The molecule has 5 nitrogen and oxygen atoms in total. The maximum absolute atomic E-state index is 13.1. The zero-order valence-electron chi connectivity index (χ0n) is 16.2. The van der Waals surface area contributed by atoms with Crippen LogP contribution in [0.3, 0.4) is 0 Å². The van der Waals surface area contributed by atoms with Crippen molar-refractivity contribution in [3.8, 4) is 11.4 Å². The van der Waals surface area contributed by atoms with Crippen LogP contribution in [-0.2, 0) is 4.79 Å². The third-order valence-electron chi connectivity index (χ3n) is 4.31. The van der Waals surface area contributed by atoms with Gasteiger partial charge in [0, 0.05) is 23.4 Å². The van der Waals surface area contributed by atoms with Gasteiger partial charge in [0.05, 0.1) is 17.9 Å². The van der Waals surface area contributed by atoms with Crippen molar-refractivity contribution in [2.24, 2.45) is 0 Å².